The summed E-state index contributed by atoms with van der Waals surface area (Å²) >= 11 is 0. The molecule has 8 heteroatoms. The molecule has 0 radical (unpaired) electrons. The van der Waals surface area contributed by atoms with E-state index in [1.54, 1.807) is 39.2 Å². The first-order valence-corrected chi connectivity index (χ1v) is 13.9. The molecule has 0 saturated heterocycles. The summed E-state index contributed by atoms with van der Waals surface area (Å²) in [7, 11) is -2.17. The van der Waals surface area contributed by atoms with Crippen LogP contribution in [0.1, 0.15) is 42.9 Å². The molecule has 2 aromatic heterocycles. The van der Waals surface area contributed by atoms with E-state index < -0.39 is 10.0 Å². The summed E-state index contributed by atoms with van der Waals surface area (Å²) in [5, 5.41) is 0. The van der Waals surface area contributed by atoms with Gasteiger partial charge in [-0.2, -0.15) is 0 Å². The minimum Gasteiger partial charge on any atom is -0.497 e. The van der Waals surface area contributed by atoms with Crippen molar-refractivity contribution in [1.82, 2.24) is 14.5 Å². The summed E-state index contributed by atoms with van der Waals surface area (Å²) in [6.45, 7) is 8.22. The minimum atomic E-state index is -3.84. The van der Waals surface area contributed by atoms with Crippen molar-refractivity contribution in [3.63, 3.8) is 0 Å². The zero-order valence-corrected chi connectivity index (χ0v) is 22.7. The summed E-state index contributed by atoms with van der Waals surface area (Å²) in [6.07, 6.45) is 3.10. The summed E-state index contributed by atoms with van der Waals surface area (Å²) in [6, 6.07) is 19.1. The molecule has 0 atom stereocenters. The molecule has 0 amide bonds. The van der Waals surface area contributed by atoms with Gasteiger partial charge in [0, 0.05) is 22.8 Å². The number of aromatic nitrogens is 3. The highest BCUT2D eigenvalue weighted by molar-refractivity contribution is 7.92. The zero-order chi connectivity index (χ0) is 26.4. The Labute approximate surface area is 218 Å². The van der Waals surface area contributed by atoms with E-state index in [1.807, 2.05) is 24.3 Å². The minimum absolute atomic E-state index is 0.0741. The Hall–Kier alpha value is -3.65. The van der Waals surface area contributed by atoms with Crippen LogP contribution in [0.3, 0.4) is 0 Å². The van der Waals surface area contributed by atoms with E-state index in [1.165, 1.54) is 11.3 Å². The summed E-state index contributed by atoms with van der Waals surface area (Å²) < 4.78 is 36.3. The molecule has 1 aliphatic carbocycles. The highest BCUT2D eigenvalue weighted by atomic mass is 32.2. The van der Waals surface area contributed by atoms with E-state index in [9.17, 15) is 8.42 Å². The summed E-state index contributed by atoms with van der Waals surface area (Å²) in [5.41, 5.74) is 7.31. The van der Waals surface area contributed by atoms with E-state index >= 15 is 0 Å². The molecule has 1 aliphatic rings. The zero-order valence-electron chi connectivity index (χ0n) is 21.9. The van der Waals surface area contributed by atoms with Gasteiger partial charge in [0.2, 0.25) is 5.95 Å². The van der Waals surface area contributed by atoms with Gasteiger partial charge in [0.05, 0.1) is 17.7 Å². The Morgan fingerprint density at radius 3 is 2.22 bits per heavy atom. The maximum atomic E-state index is 13.1. The fourth-order valence-corrected chi connectivity index (χ4v) is 5.96. The highest BCUT2D eigenvalue weighted by Crippen LogP contribution is 2.40. The quantitative estimate of drug-likeness (QED) is 0.346. The van der Waals surface area contributed by atoms with Crippen molar-refractivity contribution in [2.24, 2.45) is 5.41 Å². The highest BCUT2D eigenvalue weighted by Gasteiger charge is 2.30. The second-order valence-electron chi connectivity index (χ2n) is 10.5. The van der Waals surface area contributed by atoms with Crippen LogP contribution in [0.2, 0.25) is 0 Å². The first kappa shape index (κ1) is 25.0. The van der Waals surface area contributed by atoms with Crippen molar-refractivity contribution < 1.29 is 13.2 Å². The van der Waals surface area contributed by atoms with Gasteiger partial charge >= 0.3 is 0 Å². The summed E-state index contributed by atoms with van der Waals surface area (Å²) in [5.74, 6) is 0.882. The standard InChI is InChI=1S/C29H32N4O3S/c1-19-16-20(2)31-28(30-19)32-37(34,35)25-12-8-23(9-13-25)33-26(21-6-10-24(36-5)11-7-21)17-22-14-15-29(3,4)18-27(22)33/h6-13,16-17H,14-15,18H2,1-5H3,(H,30,31,32). The van der Waals surface area contributed by atoms with Crippen LogP contribution in [0.15, 0.2) is 65.6 Å². The largest absolute Gasteiger partial charge is 0.497 e. The predicted molar refractivity (Wildman–Crippen MR) is 146 cm³/mol. The Kier molecular flexibility index (Phi) is 6.31. The molecular formula is C29H32N4O3S. The molecular weight excluding hydrogens is 484 g/mol. The predicted octanol–water partition coefficient (Wildman–Crippen LogP) is 5.88. The first-order chi connectivity index (χ1) is 17.5. The average molecular weight is 517 g/mol. The third kappa shape index (κ3) is 5.11. The molecule has 0 saturated carbocycles. The number of rotatable bonds is 6. The van der Waals surface area contributed by atoms with Crippen LogP contribution < -0.4 is 9.46 Å². The number of anilines is 1. The van der Waals surface area contributed by atoms with E-state index in [0.717, 1.165) is 42.0 Å². The van der Waals surface area contributed by atoms with Crippen molar-refractivity contribution in [3.8, 4) is 22.7 Å². The topological polar surface area (TPSA) is 86.1 Å². The molecule has 2 aromatic carbocycles. The number of aryl methyl sites for hydroxylation is 3. The number of benzene rings is 2. The maximum Gasteiger partial charge on any atom is 0.264 e. The fraction of sp³-hybridized carbons (Fsp3) is 0.310. The van der Waals surface area contributed by atoms with Crippen LogP contribution in [-0.2, 0) is 22.9 Å². The van der Waals surface area contributed by atoms with Gasteiger partial charge in [0.25, 0.3) is 10.0 Å². The Morgan fingerprint density at radius 2 is 1.59 bits per heavy atom. The number of fused-ring (bicyclic) bond motifs is 1. The molecule has 37 heavy (non-hydrogen) atoms. The van der Waals surface area contributed by atoms with Crippen LogP contribution >= 0.6 is 0 Å². The molecule has 192 valence electrons. The maximum absolute atomic E-state index is 13.1. The molecule has 4 aromatic rings. The van der Waals surface area contributed by atoms with Gasteiger partial charge in [-0.25, -0.2) is 23.1 Å². The number of methoxy groups -OCH3 is 1. The lowest BCUT2D eigenvalue weighted by Gasteiger charge is -2.31. The van der Waals surface area contributed by atoms with E-state index in [0.29, 0.717) is 11.4 Å². The molecule has 2 heterocycles. The second-order valence-corrected chi connectivity index (χ2v) is 12.2. The second kappa shape index (κ2) is 9.34. The van der Waals surface area contributed by atoms with Crippen molar-refractivity contribution in [2.75, 3.05) is 11.8 Å². The van der Waals surface area contributed by atoms with Gasteiger partial charge < -0.3 is 9.30 Å². The van der Waals surface area contributed by atoms with E-state index in [-0.39, 0.29) is 16.3 Å². The third-order valence-electron chi connectivity index (χ3n) is 6.91. The van der Waals surface area contributed by atoms with Crippen LogP contribution in [-0.4, -0.2) is 30.1 Å². The Bertz CT molecular complexity index is 1530. The SMILES string of the molecule is COc1ccc(-c2cc3c(n2-c2ccc(S(=O)(=O)Nc4nc(C)cc(C)n4)cc2)CC(C)(C)CC3)cc1. The molecule has 7 nitrogen and oxygen atoms in total. The normalized spacial score (nSPS) is 14.7. The van der Waals surface area contributed by atoms with Crippen LogP contribution in [0, 0.1) is 19.3 Å². The van der Waals surface area contributed by atoms with E-state index in [4.69, 9.17) is 4.74 Å². The van der Waals surface area contributed by atoms with Gasteiger partial charge in [-0.1, -0.05) is 13.8 Å². The van der Waals surface area contributed by atoms with Gasteiger partial charge in [-0.05, 0) is 110 Å². The van der Waals surface area contributed by atoms with Crippen molar-refractivity contribution >= 4 is 16.0 Å². The average Bonchev–Trinajstić information content (AvgIpc) is 3.20. The summed E-state index contributed by atoms with van der Waals surface area (Å²) in [4.78, 5) is 8.57. The molecule has 0 aliphatic heterocycles. The lowest BCUT2D eigenvalue weighted by Crippen LogP contribution is -2.23. The van der Waals surface area contributed by atoms with Crippen molar-refractivity contribution in [1.29, 1.82) is 0 Å². The monoisotopic (exact) mass is 516 g/mol. The van der Waals surface area contributed by atoms with E-state index in [2.05, 4.69) is 51.3 Å². The van der Waals surface area contributed by atoms with Gasteiger partial charge in [-0.15, -0.1) is 0 Å². The third-order valence-corrected chi connectivity index (χ3v) is 8.25. The Balaban J connectivity index is 1.54. The first-order valence-electron chi connectivity index (χ1n) is 12.4. The lowest BCUT2D eigenvalue weighted by molar-refractivity contribution is 0.310. The smallest absolute Gasteiger partial charge is 0.264 e. The van der Waals surface area contributed by atoms with Crippen LogP contribution in [0.4, 0.5) is 5.95 Å². The number of sulfonamides is 1. The number of hydrogen-bond donors (Lipinski definition) is 1. The molecule has 0 unspecified atom stereocenters. The molecule has 5 rings (SSSR count). The molecule has 1 N–H and O–H groups in total. The fourth-order valence-electron chi connectivity index (χ4n) is 5.02. The van der Waals surface area contributed by atoms with Gasteiger partial charge in [-0.3, -0.25) is 0 Å². The van der Waals surface area contributed by atoms with Gasteiger partial charge in [0.15, 0.2) is 0 Å². The van der Waals surface area contributed by atoms with Gasteiger partial charge in [0.1, 0.15) is 5.75 Å². The number of ether oxygens (including phenoxy) is 1. The molecule has 0 fully saturated rings. The number of hydrogen-bond acceptors (Lipinski definition) is 5. The van der Waals surface area contributed by atoms with Crippen molar-refractivity contribution in [3.05, 3.63) is 83.3 Å². The number of nitrogens with one attached hydrogen (secondary N) is 1. The molecule has 0 bridgehead atoms. The van der Waals surface area contributed by atoms with Crippen LogP contribution in [0.5, 0.6) is 5.75 Å². The lowest BCUT2D eigenvalue weighted by atomic mass is 9.77. The van der Waals surface area contributed by atoms with Crippen molar-refractivity contribution in [2.45, 2.75) is 51.9 Å². The number of nitrogens with zero attached hydrogens (tertiary/aromatic N) is 3. The Morgan fingerprint density at radius 1 is 0.946 bits per heavy atom. The van der Waals surface area contributed by atoms with Crippen LogP contribution in [0.25, 0.3) is 16.9 Å². The molecule has 0 spiro atoms.